The quantitative estimate of drug-likeness (QED) is 0.764. The van der Waals surface area contributed by atoms with Gasteiger partial charge in [-0.3, -0.25) is 0 Å². The summed E-state index contributed by atoms with van der Waals surface area (Å²) in [6, 6.07) is 0. The van der Waals surface area contributed by atoms with Crippen molar-refractivity contribution < 1.29 is 10.2 Å². The largest absolute Gasteiger partial charge is 0.393 e. The van der Waals surface area contributed by atoms with E-state index >= 15 is 0 Å². The van der Waals surface area contributed by atoms with Gasteiger partial charge in [-0.1, -0.05) is 13.8 Å². The van der Waals surface area contributed by atoms with Crippen molar-refractivity contribution in [3.63, 3.8) is 0 Å². The molecule has 4 aliphatic carbocycles. The molecule has 2 nitrogen and oxygen atoms in total. The summed E-state index contributed by atoms with van der Waals surface area (Å²) in [5.74, 6) is 4.17. The molecule has 0 aromatic heterocycles. The minimum absolute atomic E-state index is 0.0247. The molecular formula is C20H34O2. The van der Waals surface area contributed by atoms with Gasteiger partial charge in [0.2, 0.25) is 0 Å². The lowest BCUT2D eigenvalue weighted by Crippen LogP contribution is -2.53. The molecule has 0 saturated heterocycles. The first-order valence-electron chi connectivity index (χ1n) is 9.89. The number of hydrogen-bond donors (Lipinski definition) is 2. The SMILES string of the molecule is CC[C@]1(O)CC[C@@H]2[C@H]3CC[C@H]4C[C@@H](O)CC[C@@H]4[C@H]3CC[C@@]21C. The van der Waals surface area contributed by atoms with Crippen LogP contribution in [0.3, 0.4) is 0 Å². The standard InChI is InChI=1S/C20H34O2/c1-3-20(22)11-9-18-17-6-4-13-12-14(21)5-7-15(13)16(17)8-10-19(18,20)2/h13-18,21-22H,3-12H2,1-2H3/t13-,14-,15-,16+,17-,18+,19-,20-/m0/s1. The molecule has 4 aliphatic rings. The fraction of sp³-hybridized carbons (Fsp3) is 1.00. The fourth-order valence-electron chi connectivity index (χ4n) is 7.52. The molecular weight excluding hydrogens is 272 g/mol. The number of aliphatic hydroxyl groups excluding tert-OH is 1. The van der Waals surface area contributed by atoms with Gasteiger partial charge in [0, 0.05) is 0 Å². The summed E-state index contributed by atoms with van der Waals surface area (Å²) in [5, 5.41) is 21.2. The van der Waals surface area contributed by atoms with E-state index in [0.717, 1.165) is 55.3 Å². The number of hydrogen-bond acceptors (Lipinski definition) is 2. The number of aliphatic hydroxyl groups is 2. The van der Waals surface area contributed by atoms with Crippen LogP contribution in [-0.2, 0) is 0 Å². The van der Waals surface area contributed by atoms with Gasteiger partial charge in [0.25, 0.3) is 0 Å². The van der Waals surface area contributed by atoms with E-state index in [-0.39, 0.29) is 11.5 Å². The lowest BCUT2D eigenvalue weighted by Gasteiger charge is -2.57. The molecule has 0 bridgehead atoms. The van der Waals surface area contributed by atoms with E-state index in [9.17, 15) is 10.2 Å². The van der Waals surface area contributed by atoms with Gasteiger partial charge in [-0.05, 0) is 99.2 Å². The minimum atomic E-state index is -0.401. The van der Waals surface area contributed by atoms with E-state index in [1.54, 1.807) is 0 Å². The Bertz CT molecular complexity index is 435. The highest BCUT2D eigenvalue weighted by atomic mass is 16.3. The average molecular weight is 306 g/mol. The van der Waals surface area contributed by atoms with Gasteiger partial charge in [-0.25, -0.2) is 0 Å². The third-order valence-corrected chi connectivity index (χ3v) is 8.83. The summed E-state index contributed by atoms with van der Waals surface area (Å²) in [6.45, 7) is 4.58. The molecule has 126 valence electrons. The smallest absolute Gasteiger partial charge is 0.0701 e. The molecule has 0 heterocycles. The Morgan fingerprint density at radius 1 is 0.909 bits per heavy atom. The number of fused-ring (bicyclic) bond motifs is 5. The van der Waals surface area contributed by atoms with E-state index in [2.05, 4.69) is 13.8 Å². The van der Waals surface area contributed by atoms with Gasteiger partial charge >= 0.3 is 0 Å². The van der Waals surface area contributed by atoms with Crippen LogP contribution in [0.5, 0.6) is 0 Å². The third kappa shape index (κ3) is 1.99. The van der Waals surface area contributed by atoms with E-state index in [4.69, 9.17) is 0 Å². The Balaban J connectivity index is 1.58. The Labute approximate surface area is 135 Å². The first-order valence-corrected chi connectivity index (χ1v) is 9.89. The molecule has 0 aromatic rings. The summed E-state index contributed by atoms with van der Waals surface area (Å²) >= 11 is 0. The van der Waals surface area contributed by atoms with Crippen molar-refractivity contribution in [1.29, 1.82) is 0 Å². The monoisotopic (exact) mass is 306 g/mol. The molecule has 0 radical (unpaired) electrons. The van der Waals surface area contributed by atoms with Gasteiger partial charge in [-0.15, -0.1) is 0 Å². The Hall–Kier alpha value is -0.0800. The normalized spacial score (nSPS) is 57.8. The Kier molecular flexibility index (Phi) is 3.66. The van der Waals surface area contributed by atoms with Crippen molar-refractivity contribution in [3.8, 4) is 0 Å². The van der Waals surface area contributed by atoms with Crippen molar-refractivity contribution in [2.24, 2.45) is 35.0 Å². The fourth-order valence-corrected chi connectivity index (χ4v) is 7.52. The highest BCUT2D eigenvalue weighted by Gasteiger charge is 2.61. The first-order chi connectivity index (χ1) is 10.5. The van der Waals surface area contributed by atoms with Crippen LogP contribution in [0.15, 0.2) is 0 Å². The molecule has 4 rings (SSSR count). The minimum Gasteiger partial charge on any atom is -0.393 e. The molecule has 0 unspecified atom stereocenters. The molecule has 4 fully saturated rings. The van der Waals surface area contributed by atoms with Crippen molar-refractivity contribution in [2.75, 3.05) is 0 Å². The second kappa shape index (κ2) is 5.21. The van der Waals surface area contributed by atoms with E-state index < -0.39 is 5.60 Å². The summed E-state index contributed by atoms with van der Waals surface area (Å²) < 4.78 is 0. The Morgan fingerprint density at radius 3 is 2.45 bits per heavy atom. The maximum absolute atomic E-state index is 11.2. The van der Waals surface area contributed by atoms with E-state index in [1.807, 2.05) is 0 Å². The van der Waals surface area contributed by atoms with Crippen LogP contribution in [0, 0.1) is 35.0 Å². The van der Waals surface area contributed by atoms with E-state index in [0.29, 0.717) is 0 Å². The lowest BCUT2D eigenvalue weighted by atomic mass is 9.49. The van der Waals surface area contributed by atoms with Crippen LogP contribution in [0.4, 0.5) is 0 Å². The Morgan fingerprint density at radius 2 is 1.68 bits per heavy atom. The summed E-state index contributed by atoms with van der Waals surface area (Å²) in [7, 11) is 0. The molecule has 2 heteroatoms. The third-order valence-electron chi connectivity index (χ3n) is 8.83. The van der Waals surface area contributed by atoms with Gasteiger partial charge in [0.1, 0.15) is 0 Å². The van der Waals surface area contributed by atoms with Crippen molar-refractivity contribution >= 4 is 0 Å². The molecule has 0 aliphatic heterocycles. The summed E-state index contributed by atoms with van der Waals surface area (Å²) in [4.78, 5) is 0. The maximum atomic E-state index is 11.2. The van der Waals surface area contributed by atoms with Crippen LogP contribution in [0.2, 0.25) is 0 Å². The highest BCUT2D eigenvalue weighted by Crippen LogP contribution is 2.65. The molecule has 8 atom stereocenters. The molecule has 4 saturated carbocycles. The zero-order valence-corrected chi connectivity index (χ0v) is 14.4. The van der Waals surface area contributed by atoms with Gasteiger partial charge in [0.05, 0.1) is 11.7 Å². The number of rotatable bonds is 1. The van der Waals surface area contributed by atoms with Crippen LogP contribution in [-0.4, -0.2) is 21.9 Å². The van der Waals surface area contributed by atoms with Crippen LogP contribution in [0.1, 0.15) is 78.1 Å². The lowest BCUT2D eigenvalue weighted by molar-refractivity contribution is -0.134. The first kappa shape index (κ1) is 15.4. The van der Waals surface area contributed by atoms with Crippen molar-refractivity contribution in [1.82, 2.24) is 0 Å². The second-order valence-corrected chi connectivity index (χ2v) is 9.28. The predicted octanol–water partition coefficient (Wildman–Crippen LogP) is 4.14. The highest BCUT2D eigenvalue weighted by molar-refractivity contribution is 5.11. The van der Waals surface area contributed by atoms with Crippen LogP contribution in [0.25, 0.3) is 0 Å². The molecule has 2 N–H and O–H groups in total. The summed E-state index contributed by atoms with van der Waals surface area (Å²) in [5.41, 5.74) is -0.230. The van der Waals surface area contributed by atoms with Crippen LogP contribution >= 0.6 is 0 Å². The van der Waals surface area contributed by atoms with Crippen molar-refractivity contribution in [3.05, 3.63) is 0 Å². The molecule has 0 spiro atoms. The predicted molar refractivity (Wildman–Crippen MR) is 88.4 cm³/mol. The molecule has 0 aromatic carbocycles. The van der Waals surface area contributed by atoms with E-state index in [1.165, 1.54) is 38.5 Å². The average Bonchev–Trinajstić information content (AvgIpc) is 2.79. The maximum Gasteiger partial charge on any atom is 0.0701 e. The van der Waals surface area contributed by atoms with Gasteiger partial charge in [0.15, 0.2) is 0 Å². The van der Waals surface area contributed by atoms with Crippen molar-refractivity contribution in [2.45, 2.75) is 89.8 Å². The topological polar surface area (TPSA) is 40.5 Å². The zero-order valence-electron chi connectivity index (χ0n) is 14.4. The van der Waals surface area contributed by atoms with Crippen LogP contribution < -0.4 is 0 Å². The second-order valence-electron chi connectivity index (χ2n) is 9.28. The van der Waals surface area contributed by atoms with Gasteiger partial charge in [-0.2, -0.15) is 0 Å². The molecule has 22 heavy (non-hydrogen) atoms. The van der Waals surface area contributed by atoms with Gasteiger partial charge < -0.3 is 10.2 Å². The zero-order chi connectivity index (χ0) is 15.5. The summed E-state index contributed by atoms with van der Waals surface area (Å²) in [6.07, 6.45) is 11.8. The molecule has 0 amide bonds.